The number of hydrogen-bond donors (Lipinski definition) is 1. The lowest BCUT2D eigenvalue weighted by molar-refractivity contribution is 0.0468. The summed E-state index contributed by atoms with van der Waals surface area (Å²) in [6, 6.07) is 5.95. The van der Waals surface area contributed by atoms with E-state index in [1.54, 1.807) is 0 Å². The molecule has 7 nitrogen and oxygen atoms in total. The molecule has 0 spiro atoms. The quantitative estimate of drug-likeness (QED) is 0.824. The van der Waals surface area contributed by atoms with Crippen molar-refractivity contribution in [2.75, 3.05) is 58.3 Å². The summed E-state index contributed by atoms with van der Waals surface area (Å²) in [6.07, 6.45) is 3.35. The Bertz CT molecular complexity index is 661. The maximum Gasteiger partial charge on any atom is 0.409 e. The standard InChI is InChI=1S/C20H29N3O4/c1-21-16-2-3-18-19(12-16)27-17(14-26-18)13-22-7-4-15(5-8-22)6-9-23-10-11-25-20(23)24/h2-3,12,15,17,21H,4-11,13-14H2,1H3/t17-/m1/s1. The second kappa shape index (κ2) is 8.25. The summed E-state index contributed by atoms with van der Waals surface area (Å²) in [5, 5.41) is 3.13. The van der Waals surface area contributed by atoms with Crippen molar-refractivity contribution in [2.45, 2.75) is 25.4 Å². The number of nitrogens with one attached hydrogen (secondary N) is 1. The Morgan fingerprint density at radius 3 is 2.74 bits per heavy atom. The van der Waals surface area contributed by atoms with Gasteiger partial charge in [-0.2, -0.15) is 0 Å². The summed E-state index contributed by atoms with van der Waals surface area (Å²) in [5.74, 6) is 2.34. The highest BCUT2D eigenvalue weighted by Gasteiger charge is 2.28. The summed E-state index contributed by atoms with van der Waals surface area (Å²) >= 11 is 0. The normalized spacial score (nSPS) is 23.4. The average Bonchev–Trinajstić information content (AvgIpc) is 3.11. The van der Waals surface area contributed by atoms with Gasteiger partial charge in [-0.25, -0.2) is 4.79 Å². The van der Waals surface area contributed by atoms with Crippen molar-refractivity contribution in [2.24, 2.45) is 5.92 Å². The number of rotatable bonds is 6. The van der Waals surface area contributed by atoms with Crippen molar-refractivity contribution >= 4 is 11.8 Å². The average molecular weight is 375 g/mol. The summed E-state index contributed by atoms with van der Waals surface area (Å²) < 4.78 is 17.0. The van der Waals surface area contributed by atoms with E-state index >= 15 is 0 Å². The Kier molecular flexibility index (Phi) is 5.57. The minimum atomic E-state index is -0.149. The molecular weight excluding hydrogens is 346 g/mol. The van der Waals surface area contributed by atoms with Crippen LogP contribution in [0.3, 0.4) is 0 Å². The largest absolute Gasteiger partial charge is 0.486 e. The van der Waals surface area contributed by atoms with Gasteiger partial charge in [0.1, 0.15) is 19.3 Å². The van der Waals surface area contributed by atoms with Crippen LogP contribution in [-0.2, 0) is 4.74 Å². The topological polar surface area (TPSA) is 63.3 Å². The highest BCUT2D eigenvalue weighted by atomic mass is 16.6. The maximum atomic E-state index is 11.5. The molecular formula is C20H29N3O4. The molecule has 1 aromatic rings. The van der Waals surface area contributed by atoms with Gasteiger partial charge in [-0.1, -0.05) is 0 Å². The molecule has 2 fully saturated rings. The number of carbonyl (C=O) groups excluding carboxylic acids is 1. The van der Waals surface area contributed by atoms with Crippen LogP contribution in [0.25, 0.3) is 0 Å². The van der Waals surface area contributed by atoms with Crippen LogP contribution in [0.5, 0.6) is 11.5 Å². The fourth-order valence-electron chi connectivity index (χ4n) is 4.07. The maximum absolute atomic E-state index is 11.5. The van der Waals surface area contributed by atoms with Gasteiger partial charge in [0.2, 0.25) is 0 Å². The number of hydrogen-bond acceptors (Lipinski definition) is 6. The number of nitrogens with zero attached hydrogens (tertiary/aromatic N) is 2. The number of piperidine rings is 1. The molecule has 0 saturated carbocycles. The van der Waals surface area contributed by atoms with Crippen LogP contribution >= 0.6 is 0 Å². The van der Waals surface area contributed by atoms with Crippen molar-refractivity contribution in [3.05, 3.63) is 18.2 Å². The Hall–Kier alpha value is -2.15. The second-order valence-corrected chi connectivity index (χ2v) is 7.60. The van der Waals surface area contributed by atoms with Crippen LogP contribution in [0.2, 0.25) is 0 Å². The highest BCUT2D eigenvalue weighted by Crippen LogP contribution is 2.34. The Morgan fingerprint density at radius 1 is 1.15 bits per heavy atom. The van der Waals surface area contributed by atoms with Crippen molar-refractivity contribution < 1.29 is 19.0 Å². The van der Waals surface area contributed by atoms with Gasteiger partial charge in [0.15, 0.2) is 11.5 Å². The van der Waals surface area contributed by atoms with E-state index in [9.17, 15) is 4.79 Å². The molecule has 4 rings (SSSR count). The lowest BCUT2D eigenvalue weighted by Gasteiger charge is -2.36. The zero-order chi connectivity index (χ0) is 18.6. The molecule has 0 bridgehead atoms. The summed E-state index contributed by atoms with van der Waals surface area (Å²) in [7, 11) is 1.90. The van der Waals surface area contributed by atoms with Gasteiger partial charge in [0.25, 0.3) is 0 Å². The molecule has 7 heteroatoms. The SMILES string of the molecule is CNc1ccc2c(c1)O[C@H](CN1CCC(CCN3CCOC3=O)CC1)CO2. The Balaban J connectivity index is 1.21. The lowest BCUT2D eigenvalue weighted by Crippen LogP contribution is -2.44. The van der Waals surface area contributed by atoms with Gasteiger partial charge < -0.3 is 24.4 Å². The molecule has 1 amide bonds. The molecule has 0 aliphatic carbocycles. The molecule has 2 saturated heterocycles. The number of fused-ring (bicyclic) bond motifs is 1. The predicted octanol–water partition coefficient (Wildman–Crippen LogP) is 2.42. The first-order valence-corrected chi connectivity index (χ1v) is 9.96. The van der Waals surface area contributed by atoms with Crippen molar-refractivity contribution in [3.8, 4) is 11.5 Å². The fourth-order valence-corrected chi connectivity index (χ4v) is 4.07. The van der Waals surface area contributed by atoms with Gasteiger partial charge in [-0.3, -0.25) is 4.90 Å². The fraction of sp³-hybridized carbons (Fsp3) is 0.650. The third-order valence-corrected chi connectivity index (χ3v) is 5.77. The minimum absolute atomic E-state index is 0.0699. The monoisotopic (exact) mass is 375 g/mol. The van der Waals surface area contributed by atoms with Gasteiger partial charge in [0.05, 0.1) is 6.54 Å². The minimum Gasteiger partial charge on any atom is -0.486 e. The number of ether oxygens (including phenoxy) is 3. The third kappa shape index (κ3) is 4.40. The van der Waals surface area contributed by atoms with E-state index in [1.165, 1.54) is 12.8 Å². The van der Waals surface area contributed by atoms with Gasteiger partial charge in [-0.05, 0) is 50.4 Å². The summed E-state index contributed by atoms with van der Waals surface area (Å²) in [6.45, 7) is 5.77. The van der Waals surface area contributed by atoms with Gasteiger partial charge in [-0.15, -0.1) is 0 Å². The Labute approximate surface area is 160 Å². The number of benzene rings is 1. The molecule has 1 aromatic carbocycles. The van der Waals surface area contributed by atoms with Crippen LogP contribution in [0, 0.1) is 5.92 Å². The van der Waals surface area contributed by atoms with E-state index in [0.717, 1.165) is 56.3 Å². The predicted molar refractivity (Wildman–Crippen MR) is 103 cm³/mol. The third-order valence-electron chi connectivity index (χ3n) is 5.77. The van der Waals surface area contributed by atoms with E-state index in [-0.39, 0.29) is 12.2 Å². The molecule has 0 radical (unpaired) electrons. The molecule has 3 aliphatic rings. The van der Waals surface area contributed by atoms with Crippen molar-refractivity contribution in [1.82, 2.24) is 9.80 Å². The molecule has 0 unspecified atom stereocenters. The molecule has 3 aliphatic heterocycles. The van der Waals surface area contributed by atoms with E-state index in [2.05, 4.69) is 10.2 Å². The summed E-state index contributed by atoms with van der Waals surface area (Å²) in [4.78, 5) is 15.8. The van der Waals surface area contributed by atoms with E-state index in [4.69, 9.17) is 14.2 Å². The van der Waals surface area contributed by atoms with E-state index in [0.29, 0.717) is 19.1 Å². The van der Waals surface area contributed by atoms with Gasteiger partial charge >= 0.3 is 6.09 Å². The van der Waals surface area contributed by atoms with E-state index in [1.807, 2.05) is 30.1 Å². The first kappa shape index (κ1) is 18.2. The second-order valence-electron chi connectivity index (χ2n) is 7.60. The number of amides is 1. The molecule has 148 valence electrons. The number of carbonyl (C=O) groups is 1. The smallest absolute Gasteiger partial charge is 0.409 e. The summed E-state index contributed by atoms with van der Waals surface area (Å²) in [5.41, 5.74) is 1.03. The molecule has 1 N–H and O–H groups in total. The first-order chi connectivity index (χ1) is 13.2. The van der Waals surface area contributed by atoms with E-state index < -0.39 is 0 Å². The van der Waals surface area contributed by atoms with Crippen LogP contribution in [0.1, 0.15) is 19.3 Å². The Morgan fingerprint density at radius 2 is 2.00 bits per heavy atom. The lowest BCUT2D eigenvalue weighted by atomic mass is 9.93. The highest BCUT2D eigenvalue weighted by molar-refractivity contribution is 5.69. The van der Waals surface area contributed by atoms with Gasteiger partial charge in [0, 0.05) is 31.9 Å². The molecule has 0 aromatic heterocycles. The molecule has 3 heterocycles. The number of likely N-dealkylation sites (tertiary alicyclic amines) is 1. The first-order valence-electron chi connectivity index (χ1n) is 9.96. The van der Waals surface area contributed by atoms with Crippen molar-refractivity contribution in [3.63, 3.8) is 0 Å². The zero-order valence-corrected chi connectivity index (χ0v) is 16.0. The number of anilines is 1. The zero-order valence-electron chi connectivity index (χ0n) is 16.0. The van der Waals surface area contributed by atoms with Crippen LogP contribution in [0.15, 0.2) is 18.2 Å². The van der Waals surface area contributed by atoms with Crippen LogP contribution in [-0.4, -0.2) is 75.0 Å². The van der Waals surface area contributed by atoms with Crippen molar-refractivity contribution in [1.29, 1.82) is 0 Å². The van der Waals surface area contributed by atoms with Crippen LogP contribution in [0.4, 0.5) is 10.5 Å². The molecule has 1 atom stereocenters. The number of cyclic esters (lactones) is 1. The molecule has 27 heavy (non-hydrogen) atoms. The van der Waals surface area contributed by atoms with Crippen LogP contribution < -0.4 is 14.8 Å².